The second kappa shape index (κ2) is 8.24. The first-order chi connectivity index (χ1) is 14.6. The van der Waals surface area contributed by atoms with Crippen LogP contribution < -0.4 is 4.74 Å². The summed E-state index contributed by atoms with van der Waals surface area (Å²) >= 11 is -0.170. The number of piperazine rings is 1. The lowest BCUT2D eigenvalue weighted by Crippen LogP contribution is -2.49. The van der Waals surface area contributed by atoms with Crippen LogP contribution in [0.5, 0.6) is 5.75 Å². The van der Waals surface area contributed by atoms with Gasteiger partial charge < -0.3 is 9.64 Å². The maximum atomic E-state index is 13.0. The van der Waals surface area contributed by atoms with E-state index < -0.39 is 11.1 Å². The quantitative estimate of drug-likeness (QED) is 0.606. The van der Waals surface area contributed by atoms with Crippen molar-refractivity contribution in [1.82, 2.24) is 9.80 Å². The van der Waals surface area contributed by atoms with Gasteiger partial charge in [0.1, 0.15) is 11.4 Å². The molecular weight excluding hydrogens is 425 g/mol. The Morgan fingerprint density at radius 2 is 1.84 bits per heavy atom. The Morgan fingerprint density at radius 1 is 1.10 bits per heavy atom. The van der Waals surface area contributed by atoms with Crippen LogP contribution in [0.2, 0.25) is 0 Å². The number of hydrogen-bond donors (Lipinski definition) is 0. The normalized spacial score (nSPS) is 18.9. The summed E-state index contributed by atoms with van der Waals surface area (Å²) in [6.07, 6.45) is 1.82. The summed E-state index contributed by atoms with van der Waals surface area (Å²) in [7, 11) is 0. The summed E-state index contributed by atoms with van der Waals surface area (Å²) in [5.41, 5.74) is -2.80. The van der Waals surface area contributed by atoms with E-state index in [4.69, 9.17) is 4.74 Å². The van der Waals surface area contributed by atoms with E-state index in [1.807, 2.05) is 50.3 Å². The molecule has 0 N–H and O–H groups in total. The predicted molar refractivity (Wildman–Crippen MR) is 114 cm³/mol. The zero-order valence-corrected chi connectivity index (χ0v) is 18.1. The summed E-state index contributed by atoms with van der Waals surface area (Å²) < 4.78 is 44.6. The first-order valence-corrected chi connectivity index (χ1v) is 10.8. The molecular formula is C23H23F3N2O2S. The lowest BCUT2D eigenvalue weighted by molar-refractivity contribution is -0.132. The molecule has 1 amide bonds. The molecule has 164 valence electrons. The van der Waals surface area contributed by atoms with Gasteiger partial charge in [-0.3, -0.25) is 9.69 Å². The number of halogens is 3. The Labute approximate surface area is 183 Å². The van der Waals surface area contributed by atoms with Gasteiger partial charge in [-0.15, -0.1) is 0 Å². The van der Waals surface area contributed by atoms with Crippen LogP contribution in [0, 0.1) is 0 Å². The van der Waals surface area contributed by atoms with Crippen molar-refractivity contribution in [3.63, 3.8) is 0 Å². The van der Waals surface area contributed by atoms with E-state index in [-0.39, 0.29) is 29.1 Å². The molecule has 4 rings (SSSR count). The molecule has 1 fully saturated rings. The summed E-state index contributed by atoms with van der Waals surface area (Å²) in [4.78, 5) is 16.9. The predicted octanol–water partition coefficient (Wildman–Crippen LogP) is 5.15. The summed E-state index contributed by atoms with van der Waals surface area (Å²) in [5.74, 6) is 0.402. The molecule has 0 atom stereocenters. The second-order valence-electron chi connectivity index (χ2n) is 8.18. The van der Waals surface area contributed by atoms with Gasteiger partial charge in [0.25, 0.3) is 0 Å². The van der Waals surface area contributed by atoms with Crippen molar-refractivity contribution in [2.75, 3.05) is 19.6 Å². The van der Waals surface area contributed by atoms with Crippen LogP contribution in [0.1, 0.15) is 25.0 Å². The van der Waals surface area contributed by atoms with Crippen molar-refractivity contribution in [3.8, 4) is 5.75 Å². The number of benzene rings is 2. The molecule has 0 aromatic heterocycles. The monoisotopic (exact) mass is 448 g/mol. The van der Waals surface area contributed by atoms with Gasteiger partial charge in [0.15, 0.2) is 0 Å². The van der Waals surface area contributed by atoms with Crippen molar-refractivity contribution < 1.29 is 22.7 Å². The topological polar surface area (TPSA) is 32.8 Å². The van der Waals surface area contributed by atoms with Crippen LogP contribution in [0.15, 0.2) is 59.5 Å². The molecule has 0 radical (unpaired) electrons. The van der Waals surface area contributed by atoms with Crippen molar-refractivity contribution in [3.05, 3.63) is 65.7 Å². The number of ether oxygens (including phenoxy) is 1. The minimum absolute atomic E-state index is 0.0654. The minimum Gasteiger partial charge on any atom is -0.483 e. The number of carbonyl (C=O) groups is 1. The molecule has 2 aromatic carbocycles. The highest BCUT2D eigenvalue weighted by Gasteiger charge is 2.35. The molecule has 4 nitrogen and oxygen atoms in total. The van der Waals surface area contributed by atoms with E-state index in [0.717, 1.165) is 5.56 Å². The number of amides is 1. The van der Waals surface area contributed by atoms with Gasteiger partial charge in [-0.05, 0) is 55.4 Å². The molecule has 0 bridgehead atoms. The molecule has 0 saturated carbocycles. The second-order valence-corrected chi connectivity index (χ2v) is 9.32. The smallest absolute Gasteiger partial charge is 0.446 e. The lowest BCUT2D eigenvalue weighted by atomic mass is 9.97. The molecule has 0 aliphatic carbocycles. The molecule has 31 heavy (non-hydrogen) atoms. The number of fused-ring (bicyclic) bond motifs is 1. The Morgan fingerprint density at radius 3 is 2.52 bits per heavy atom. The van der Waals surface area contributed by atoms with E-state index in [0.29, 0.717) is 36.6 Å². The first-order valence-electron chi connectivity index (χ1n) is 9.98. The van der Waals surface area contributed by atoms with Crippen LogP contribution in [0.4, 0.5) is 13.2 Å². The Kier molecular flexibility index (Phi) is 5.79. The largest absolute Gasteiger partial charge is 0.483 e. The van der Waals surface area contributed by atoms with Crippen molar-refractivity contribution in [1.29, 1.82) is 0 Å². The summed E-state index contributed by atoms with van der Waals surface area (Å²) in [6, 6.07) is 14.3. The van der Waals surface area contributed by atoms with E-state index in [1.165, 1.54) is 12.1 Å². The van der Waals surface area contributed by atoms with Crippen LogP contribution >= 0.6 is 11.8 Å². The van der Waals surface area contributed by atoms with E-state index in [1.54, 1.807) is 11.0 Å². The van der Waals surface area contributed by atoms with Gasteiger partial charge >= 0.3 is 5.51 Å². The zero-order valence-electron chi connectivity index (χ0n) is 17.3. The standard InChI is InChI=1S/C23H23F3N2O2S/c1-22(2)13-19(18-12-17(31-23(24,25)26)8-9-20(18)30-22)28-11-10-27(15-21(28)29)14-16-6-4-3-5-7-16/h3-9,12-13H,10-11,14-15H2,1-2H3. The highest BCUT2D eigenvalue weighted by Crippen LogP contribution is 2.43. The number of hydrogen-bond acceptors (Lipinski definition) is 4. The third-order valence-corrected chi connectivity index (χ3v) is 5.88. The molecule has 2 aliphatic rings. The fraction of sp³-hybridized carbons (Fsp3) is 0.348. The number of nitrogens with zero attached hydrogens (tertiary/aromatic N) is 2. The zero-order chi connectivity index (χ0) is 22.2. The number of thioether (sulfide) groups is 1. The van der Waals surface area contributed by atoms with E-state index in [2.05, 4.69) is 4.90 Å². The van der Waals surface area contributed by atoms with Crippen LogP contribution in [-0.4, -0.2) is 46.5 Å². The minimum atomic E-state index is -4.38. The molecule has 2 aliphatic heterocycles. The molecule has 8 heteroatoms. The van der Waals surface area contributed by atoms with Gasteiger partial charge in [-0.2, -0.15) is 13.2 Å². The molecule has 1 saturated heterocycles. The molecule has 2 heterocycles. The SMILES string of the molecule is CC1(C)C=C(N2CCN(Cc3ccccc3)CC2=O)c2cc(SC(F)(F)F)ccc2O1. The number of carbonyl (C=O) groups excluding carboxylic acids is 1. The maximum absolute atomic E-state index is 13.0. The van der Waals surface area contributed by atoms with E-state index >= 15 is 0 Å². The van der Waals surface area contributed by atoms with Gasteiger partial charge in [0, 0.05) is 30.1 Å². The molecule has 0 spiro atoms. The Hall–Kier alpha value is -2.45. The van der Waals surface area contributed by atoms with Crippen molar-refractivity contribution in [2.45, 2.75) is 36.4 Å². The van der Waals surface area contributed by atoms with Gasteiger partial charge in [-0.25, -0.2) is 0 Å². The summed E-state index contributed by atoms with van der Waals surface area (Å²) in [5, 5.41) is 0. The van der Waals surface area contributed by atoms with Gasteiger partial charge in [0.05, 0.1) is 12.2 Å². The molecule has 0 unspecified atom stereocenters. The third-order valence-electron chi connectivity index (χ3n) is 5.16. The average molecular weight is 449 g/mol. The van der Waals surface area contributed by atoms with E-state index in [9.17, 15) is 18.0 Å². The van der Waals surface area contributed by atoms with Crippen LogP contribution in [0.25, 0.3) is 5.70 Å². The highest BCUT2D eigenvalue weighted by molar-refractivity contribution is 8.00. The van der Waals surface area contributed by atoms with Crippen molar-refractivity contribution >= 4 is 23.4 Å². The maximum Gasteiger partial charge on any atom is 0.446 e. The third kappa shape index (κ3) is 5.25. The van der Waals surface area contributed by atoms with Gasteiger partial charge in [-0.1, -0.05) is 30.3 Å². The lowest BCUT2D eigenvalue weighted by Gasteiger charge is -2.39. The fourth-order valence-electron chi connectivity index (χ4n) is 3.89. The Bertz CT molecular complexity index is 1010. The molecule has 2 aromatic rings. The fourth-order valence-corrected chi connectivity index (χ4v) is 4.47. The van der Waals surface area contributed by atoms with Crippen LogP contribution in [0.3, 0.4) is 0 Å². The summed E-state index contributed by atoms with van der Waals surface area (Å²) in [6.45, 7) is 5.79. The average Bonchev–Trinajstić information content (AvgIpc) is 2.67. The van der Waals surface area contributed by atoms with Gasteiger partial charge in [0.2, 0.25) is 5.91 Å². The van der Waals surface area contributed by atoms with Crippen LogP contribution in [-0.2, 0) is 11.3 Å². The number of rotatable bonds is 4. The van der Waals surface area contributed by atoms with Crippen molar-refractivity contribution in [2.24, 2.45) is 0 Å². The Balaban J connectivity index is 1.58. The highest BCUT2D eigenvalue weighted by atomic mass is 32.2. The first kappa shape index (κ1) is 21.8. The number of alkyl halides is 3.